The third-order valence-electron chi connectivity index (χ3n) is 5.34. The van der Waals surface area contributed by atoms with Crippen LogP contribution in [0, 0.1) is 0 Å². The lowest BCUT2D eigenvalue weighted by atomic mass is 9.99. The van der Waals surface area contributed by atoms with Gasteiger partial charge in [0.15, 0.2) is 0 Å². The molecule has 2 aromatic heterocycles. The fourth-order valence-electron chi connectivity index (χ4n) is 3.80. The minimum atomic E-state index is -0.200. The molecule has 4 aromatic rings. The number of halogens is 1. The Morgan fingerprint density at radius 2 is 2.00 bits per heavy atom. The molecule has 8 heteroatoms. The maximum absolute atomic E-state index is 13.1. The highest BCUT2D eigenvalue weighted by atomic mass is 35.5. The van der Waals surface area contributed by atoms with Gasteiger partial charge in [0.05, 0.1) is 5.02 Å². The van der Waals surface area contributed by atoms with Crippen LogP contribution < -0.4 is 0 Å². The van der Waals surface area contributed by atoms with Crippen LogP contribution in [0.2, 0.25) is 5.02 Å². The topological polar surface area (TPSA) is 105 Å². The Morgan fingerprint density at radius 1 is 1.14 bits per heavy atom. The molecule has 146 valence electrons. The van der Waals surface area contributed by atoms with Crippen molar-refractivity contribution in [3.05, 3.63) is 64.4 Å². The number of hydrogen-bond acceptors (Lipinski definition) is 4. The predicted molar refractivity (Wildman–Crippen MR) is 109 cm³/mol. The summed E-state index contributed by atoms with van der Waals surface area (Å²) in [5, 5.41) is 28.4. The number of phenols is 2. The SMILES string of the molecule is O=C(c1ccc2[nH]ccc2c1)N1CCc2[nH]nc(-c3cc(Cl)c(O)cc3O)c2C1. The number of amides is 1. The monoisotopic (exact) mass is 408 g/mol. The van der Waals surface area contributed by atoms with Crippen LogP contribution in [0.15, 0.2) is 42.6 Å². The molecular formula is C21H17ClN4O3. The first-order chi connectivity index (χ1) is 14.0. The van der Waals surface area contributed by atoms with E-state index in [1.165, 1.54) is 12.1 Å². The first-order valence-electron chi connectivity index (χ1n) is 9.15. The summed E-state index contributed by atoms with van der Waals surface area (Å²) < 4.78 is 0. The third kappa shape index (κ3) is 2.91. The second-order valence-electron chi connectivity index (χ2n) is 7.11. The Morgan fingerprint density at radius 3 is 2.86 bits per heavy atom. The molecule has 7 nitrogen and oxygen atoms in total. The summed E-state index contributed by atoms with van der Waals surface area (Å²) in [5.74, 6) is -0.379. The van der Waals surface area contributed by atoms with Crippen LogP contribution in [0.1, 0.15) is 21.6 Å². The molecule has 0 spiro atoms. The number of aromatic amines is 2. The lowest BCUT2D eigenvalue weighted by Crippen LogP contribution is -2.35. The van der Waals surface area contributed by atoms with Gasteiger partial charge in [-0.25, -0.2) is 0 Å². The fraction of sp³-hybridized carbons (Fsp3) is 0.143. The Balaban J connectivity index is 1.48. The van der Waals surface area contributed by atoms with Crippen molar-refractivity contribution in [1.82, 2.24) is 20.1 Å². The second-order valence-corrected chi connectivity index (χ2v) is 7.51. The minimum Gasteiger partial charge on any atom is -0.507 e. The van der Waals surface area contributed by atoms with Gasteiger partial charge < -0.3 is 20.1 Å². The minimum absolute atomic E-state index is 0.0566. The van der Waals surface area contributed by atoms with Gasteiger partial charge in [0.2, 0.25) is 0 Å². The lowest BCUT2D eigenvalue weighted by molar-refractivity contribution is 0.0735. The smallest absolute Gasteiger partial charge is 0.254 e. The molecule has 0 unspecified atom stereocenters. The summed E-state index contributed by atoms with van der Waals surface area (Å²) in [5.41, 5.74) is 4.31. The highest BCUT2D eigenvalue weighted by molar-refractivity contribution is 6.32. The largest absolute Gasteiger partial charge is 0.507 e. The van der Waals surface area contributed by atoms with Crippen molar-refractivity contribution in [3.63, 3.8) is 0 Å². The standard InChI is InChI=1S/C21H17ClN4O3/c22-15-8-13(18(27)9-19(15)28)20-14-10-26(6-4-17(14)24-25-20)21(29)12-1-2-16-11(7-12)3-5-23-16/h1-3,5,7-9,23,27-28H,4,6,10H2,(H,24,25). The Hall–Kier alpha value is -3.45. The molecule has 4 N–H and O–H groups in total. The molecule has 0 atom stereocenters. The first kappa shape index (κ1) is 17.6. The molecule has 0 aliphatic carbocycles. The second kappa shape index (κ2) is 6.56. The number of fused-ring (bicyclic) bond motifs is 2. The molecule has 1 aliphatic rings. The zero-order valence-electron chi connectivity index (χ0n) is 15.2. The van der Waals surface area contributed by atoms with E-state index in [2.05, 4.69) is 15.2 Å². The van der Waals surface area contributed by atoms with E-state index in [-0.39, 0.29) is 22.4 Å². The number of rotatable bonds is 2. The van der Waals surface area contributed by atoms with Gasteiger partial charge in [-0.2, -0.15) is 5.10 Å². The van der Waals surface area contributed by atoms with Gasteiger partial charge in [0.1, 0.15) is 17.2 Å². The van der Waals surface area contributed by atoms with Gasteiger partial charge in [-0.15, -0.1) is 0 Å². The molecule has 0 fully saturated rings. The number of H-pyrrole nitrogens is 2. The Kier molecular flexibility index (Phi) is 3.99. The summed E-state index contributed by atoms with van der Waals surface area (Å²) >= 11 is 6.02. The third-order valence-corrected chi connectivity index (χ3v) is 5.64. The summed E-state index contributed by atoms with van der Waals surface area (Å²) in [6.07, 6.45) is 2.48. The average molecular weight is 409 g/mol. The highest BCUT2D eigenvalue weighted by Crippen LogP contribution is 2.39. The van der Waals surface area contributed by atoms with Crippen molar-refractivity contribution in [3.8, 4) is 22.8 Å². The quantitative estimate of drug-likeness (QED) is 0.404. The van der Waals surface area contributed by atoms with Gasteiger partial charge in [-0.3, -0.25) is 9.89 Å². The van der Waals surface area contributed by atoms with E-state index in [9.17, 15) is 15.0 Å². The van der Waals surface area contributed by atoms with E-state index in [0.29, 0.717) is 36.3 Å². The Bertz CT molecular complexity index is 1260. The van der Waals surface area contributed by atoms with Crippen molar-refractivity contribution in [1.29, 1.82) is 0 Å². The zero-order valence-corrected chi connectivity index (χ0v) is 16.0. The number of benzene rings is 2. The van der Waals surface area contributed by atoms with Crippen molar-refractivity contribution >= 4 is 28.4 Å². The van der Waals surface area contributed by atoms with E-state index >= 15 is 0 Å². The molecule has 1 aliphatic heterocycles. The predicted octanol–water partition coefficient (Wildman–Crippen LogP) is 3.82. The maximum atomic E-state index is 13.1. The molecule has 0 radical (unpaired) electrons. The van der Waals surface area contributed by atoms with E-state index in [1.54, 1.807) is 4.90 Å². The van der Waals surface area contributed by atoms with Gasteiger partial charge in [0, 0.05) is 65.1 Å². The number of nitrogens with zero attached hydrogens (tertiary/aromatic N) is 2. The van der Waals surface area contributed by atoms with Crippen LogP contribution in [0.5, 0.6) is 11.5 Å². The van der Waals surface area contributed by atoms with Crippen molar-refractivity contribution in [2.24, 2.45) is 0 Å². The molecule has 3 heterocycles. The average Bonchev–Trinajstić information content (AvgIpc) is 3.36. The van der Waals surface area contributed by atoms with Gasteiger partial charge >= 0.3 is 0 Å². The van der Waals surface area contributed by atoms with Crippen molar-refractivity contribution in [2.75, 3.05) is 6.54 Å². The lowest BCUT2D eigenvalue weighted by Gasteiger charge is -2.27. The van der Waals surface area contributed by atoms with Crippen LogP contribution in [-0.4, -0.2) is 42.7 Å². The molecule has 1 amide bonds. The van der Waals surface area contributed by atoms with Gasteiger partial charge in [0.25, 0.3) is 5.91 Å². The number of aromatic hydroxyl groups is 2. The number of carbonyl (C=O) groups excluding carboxylic acids is 1. The van der Waals surface area contributed by atoms with Gasteiger partial charge in [-0.1, -0.05) is 11.6 Å². The normalized spacial score (nSPS) is 13.6. The number of carbonyl (C=O) groups is 1. The number of aromatic nitrogens is 3. The summed E-state index contributed by atoms with van der Waals surface area (Å²) in [4.78, 5) is 18.0. The first-order valence-corrected chi connectivity index (χ1v) is 9.53. The van der Waals surface area contributed by atoms with Crippen LogP contribution in [0.4, 0.5) is 0 Å². The Labute approximate surface area is 170 Å². The van der Waals surface area contributed by atoms with Crippen molar-refractivity contribution < 1.29 is 15.0 Å². The summed E-state index contributed by atoms with van der Waals surface area (Å²) in [6.45, 7) is 0.935. The van der Waals surface area contributed by atoms with E-state index in [4.69, 9.17) is 11.6 Å². The van der Waals surface area contributed by atoms with E-state index in [1.807, 2.05) is 30.5 Å². The fourth-order valence-corrected chi connectivity index (χ4v) is 3.96. The molecule has 0 saturated carbocycles. The molecule has 0 bridgehead atoms. The molecule has 0 saturated heterocycles. The van der Waals surface area contributed by atoms with E-state index < -0.39 is 0 Å². The summed E-state index contributed by atoms with van der Waals surface area (Å²) in [7, 11) is 0. The summed E-state index contributed by atoms with van der Waals surface area (Å²) in [6, 6.07) is 10.2. The van der Waals surface area contributed by atoms with Crippen LogP contribution in [-0.2, 0) is 13.0 Å². The van der Waals surface area contributed by atoms with Crippen LogP contribution in [0.3, 0.4) is 0 Å². The van der Waals surface area contributed by atoms with Crippen molar-refractivity contribution in [2.45, 2.75) is 13.0 Å². The zero-order chi connectivity index (χ0) is 20.1. The maximum Gasteiger partial charge on any atom is 0.254 e. The number of hydrogen-bond donors (Lipinski definition) is 4. The van der Waals surface area contributed by atoms with E-state index in [0.717, 1.165) is 22.2 Å². The van der Waals surface area contributed by atoms with Gasteiger partial charge in [-0.05, 0) is 30.3 Å². The molecule has 29 heavy (non-hydrogen) atoms. The highest BCUT2D eigenvalue weighted by Gasteiger charge is 2.27. The van der Waals surface area contributed by atoms with Crippen LogP contribution >= 0.6 is 11.6 Å². The molecular weight excluding hydrogens is 392 g/mol. The molecule has 5 rings (SSSR count). The number of nitrogens with one attached hydrogen (secondary N) is 2. The number of phenolic OH excluding ortho intramolecular Hbond substituents is 2. The molecule has 2 aromatic carbocycles. The van der Waals surface area contributed by atoms with Crippen LogP contribution in [0.25, 0.3) is 22.2 Å².